The van der Waals surface area contributed by atoms with E-state index in [1.54, 1.807) is 24.2 Å². The Balaban J connectivity index is 1.30. The Bertz CT molecular complexity index is 1110. The minimum Gasteiger partial charge on any atom is -0.423 e. The summed E-state index contributed by atoms with van der Waals surface area (Å²) in [6.07, 6.45) is 5.42. The molecule has 4 rings (SSSR count). The van der Waals surface area contributed by atoms with Gasteiger partial charge in [-0.2, -0.15) is 5.26 Å². The van der Waals surface area contributed by atoms with Gasteiger partial charge in [0.15, 0.2) is 0 Å². The van der Waals surface area contributed by atoms with Gasteiger partial charge in [-0.1, -0.05) is 73.4 Å². The summed E-state index contributed by atoms with van der Waals surface area (Å²) in [5, 5.41) is 8.94. The van der Waals surface area contributed by atoms with Gasteiger partial charge < -0.3 is 4.74 Å². The first-order valence-electron chi connectivity index (χ1n) is 12.6. The number of benzene rings is 3. The highest BCUT2D eigenvalue weighted by Crippen LogP contribution is 2.38. The molecule has 0 radical (unpaired) electrons. The van der Waals surface area contributed by atoms with Crippen molar-refractivity contribution in [1.29, 1.82) is 5.26 Å². The van der Waals surface area contributed by atoms with Crippen LogP contribution in [0.15, 0.2) is 72.8 Å². The van der Waals surface area contributed by atoms with Crippen molar-refractivity contribution in [2.45, 2.75) is 55.8 Å². The van der Waals surface area contributed by atoms with E-state index in [2.05, 4.69) is 24.7 Å². The monoisotopic (exact) mass is 483 g/mol. The molecule has 3 nitrogen and oxygen atoms in total. The summed E-state index contributed by atoms with van der Waals surface area (Å²) in [6.45, 7) is 2.43. The fourth-order valence-corrected chi connectivity index (χ4v) is 9.76. The standard InChI is InChI=1S/C29H33NO2Si2/c1-33-18-19-34-28-16-12-25(13-17-28)23-6-8-26(9-7-23)29(31)32-27-14-10-24(11-15-27)22-4-2-21(20-30)3-5-22/h2-11,14-15,25,28H,12-13,16-19,33-34H2,1H3. The Labute approximate surface area is 207 Å². The van der Waals surface area contributed by atoms with Crippen LogP contribution in [0.1, 0.15) is 53.1 Å². The summed E-state index contributed by atoms with van der Waals surface area (Å²) in [5.41, 5.74) is 5.69. The maximum absolute atomic E-state index is 12.6. The summed E-state index contributed by atoms with van der Waals surface area (Å²) in [7, 11) is 0.405. The summed E-state index contributed by atoms with van der Waals surface area (Å²) in [6, 6.07) is 28.2. The normalized spacial score (nSPS) is 18.4. The zero-order chi connectivity index (χ0) is 23.8. The molecule has 1 aliphatic rings. The predicted molar refractivity (Wildman–Crippen MR) is 146 cm³/mol. The van der Waals surface area contributed by atoms with Crippen molar-refractivity contribution >= 4 is 25.0 Å². The fourth-order valence-electron chi connectivity index (χ4n) is 4.98. The largest absolute Gasteiger partial charge is 0.423 e. The molecule has 1 saturated carbocycles. The van der Waals surface area contributed by atoms with Crippen molar-refractivity contribution < 1.29 is 9.53 Å². The van der Waals surface area contributed by atoms with Crippen molar-refractivity contribution in [3.63, 3.8) is 0 Å². The molecule has 0 N–H and O–H groups in total. The van der Waals surface area contributed by atoms with Gasteiger partial charge in [0, 0.05) is 19.0 Å². The lowest BCUT2D eigenvalue weighted by atomic mass is 9.83. The number of carbonyl (C=O) groups is 1. The van der Waals surface area contributed by atoms with E-state index < -0.39 is 0 Å². The summed E-state index contributed by atoms with van der Waals surface area (Å²) < 4.78 is 5.60. The molecule has 1 aliphatic carbocycles. The molecule has 1 fully saturated rings. The third-order valence-electron chi connectivity index (χ3n) is 7.09. The van der Waals surface area contributed by atoms with Crippen molar-refractivity contribution in [2.75, 3.05) is 0 Å². The molecule has 174 valence electrons. The number of esters is 1. The highest BCUT2D eigenvalue weighted by atomic mass is 28.2. The number of nitriles is 1. The van der Waals surface area contributed by atoms with Crippen molar-refractivity contribution in [3.8, 4) is 22.9 Å². The number of hydrogen-bond acceptors (Lipinski definition) is 3. The second-order valence-corrected chi connectivity index (χ2v) is 13.6. The van der Waals surface area contributed by atoms with Gasteiger partial charge in [0.05, 0.1) is 17.2 Å². The van der Waals surface area contributed by atoms with E-state index in [0.29, 0.717) is 22.8 Å². The van der Waals surface area contributed by atoms with Crippen LogP contribution in [-0.4, -0.2) is 25.0 Å². The van der Waals surface area contributed by atoms with Crippen LogP contribution in [-0.2, 0) is 0 Å². The Morgan fingerprint density at radius 2 is 1.50 bits per heavy atom. The summed E-state index contributed by atoms with van der Waals surface area (Å²) in [4.78, 5) is 12.6. The van der Waals surface area contributed by atoms with E-state index in [-0.39, 0.29) is 25.0 Å². The molecule has 0 saturated heterocycles. The molecule has 5 heteroatoms. The minimum atomic E-state index is -0.327. The smallest absolute Gasteiger partial charge is 0.343 e. The van der Waals surface area contributed by atoms with E-state index >= 15 is 0 Å². The van der Waals surface area contributed by atoms with Gasteiger partial charge >= 0.3 is 5.97 Å². The van der Waals surface area contributed by atoms with Crippen LogP contribution in [0.5, 0.6) is 5.75 Å². The molecule has 3 aromatic rings. The maximum Gasteiger partial charge on any atom is 0.343 e. The van der Waals surface area contributed by atoms with Gasteiger partial charge in [-0.25, -0.2) is 4.79 Å². The van der Waals surface area contributed by atoms with E-state index in [0.717, 1.165) is 16.7 Å². The van der Waals surface area contributed by atoms with Crippen LogP contribution in [0.2, 0.25) is 24.2 Å². The minimum absolute atomic E-state index is 0.147. The second kappa shape index (κ2) is 12.0. The van der Waals surface area contributed by atoms with Gasteiger partial charge in [-0.15, -0.1) is 0 Å². The van der Waals surface area contributed by atoms with E-state index in [9.17, 15) is 4.79 Å². The van der Waals surface area contributed by atoms with Crippen LogP contribution in [0.25, 0.3) is 11.1 Å². The average Bonchev–Trinajstić information content (AvgIpc) is 2.90. The molecular weight excluding hydrogens is 450 g/mol. The number of carbonyl (C=O) groups excluding carboxylic acids is 1. The van der Waals surface area contributed by atoms with Crippen LogP contribution in [0.4, 0.5) is 0 Å². The molecule has 0 heterocycles. The molecule has 3 aromatic carbocycles. The third kappa shape index (κ3) is 6.34. The van der Waals surface area contributed by atoms with E-state index in [1.807, 2.05) is 48.5 Å². The molecule has 0 aromatic heterocycles. The lowest BCUT2D eigenvalue weighted by Crippen LogP contribution is -2.14. The van der Waals surface area contributed by atoms with Gasteiger partial charge in [-0.3, -0.25) is 0 Å². The summed E-state index contributed by atoms with van der Waals surface area (Å²) in [5.74, 6) is 0.845. The summed E-state index contributed by atoms with van der Waals surface area (Å²) >= 11 is 0. The topological polar surface area (TPSA) is 50.1 Å². The molecule has 0 spiro atoms. The van der Waals surface area contributed by atoms with Crippen LogP contribution in [0.3, 0.4) is 0 Å². The van der Waals surface area contributed by atoms with E-state index in [4.69, 9.17) is 10.00 Å². The van der Waals surface area contributed by atoms with Gasteiger partial charge in [0.2, 0.25) is 0 Å². The second-order valence-electron chi connectivity index (χ2n) is 9.44. The van der Waals surface area contributed by atoms with Gasteiger partial charge in [0.25, 0.3) is 0 Å². The molecule has 0 atom stereocenters. The van der Waals surface area contributed by atoms with Crippen molar-refractivity contribution in [3.05, 3.63) is 89.5 Å². The first kappa shape index (κ1) is 24.2. The van der Waals surface area contributed by atoms with Crippen molar-refractivity contribution in [2.24, 2.45) is 0 Å². The quantitative estimate of drug-likeness (QED) is 0.168. The molecular formula is C29H33NO2Si2. The lowest BCUT2D eigenvalue weighted by molar-refractivity contribution is 0.0734. The Morgan fingerprint density at radius 3 is 2.09 bits per heavy atom. The molecule has 0 unspecified atom stereocenters. The van der Waals surface area contributed by atoms with Gasteiger partial charge in [0.1, 0.15) is 5.75 Å². The molecule has 34 heavy (non-hydrogen) atoms. The van der Waals surface area contributed by atoms with Crippen molar-refractivity contribution in [1.82, 2.24) is 0 Å². The zero-order valence-electron chi connectivity index (χ0n) is 20.0. The lowest BCUT2D eigenvalue weighted by Gasteiger charge is -2.28. The highest BCUT2D eigenvalue weighted by Gasteiger charge is 2.22. The highest BCUT2D eigenvalue weighted by molar-refractivity contribution is 6.42. The Kier molecular flexibility index (Phi) is 8.51. The fraction of sp³-hybridized carbons (Fsp3) is 0.310. The van der Waals surface area contributed by atoms with Gasteiger partial charge in [-0.05, 0) is 71.8 Å². The number of rotatable bonds is 8. The first-order valence-corrected chi connectivity index (χ1v) is 16.8. The first-order chi connectivity index (χ1) is 16.7. The van der Waals surface area contributed by atoms with Crippen LogP contribution < -0.4 is 4.74 Å². The molecule has 0 aliphatic heterocycles. The number of hydrogen-bond donors (Lipinski definition) is 0. The predicted octanol–water partition coefficient (Wildman–Crippen LogP) is 6.11. The Morgan fingerprint density at radius 1 is 0.882 bits per heavy atom. The van der Waals surface area contributed by atoms with Crippen LogP contribution in [0, 0.1) is 11.3 Å². The molecule has 0 bridgehead atoms. The SMILES string of the molecule is C[SiH2]CC[SiH2]C1CCC(c2ccc(C(=O)Oc3ccc(-c4ccc(C#N)cc4)cc3)cc2)CC1. The maximum atomic E-state index is 12.6. The number of nitrogens with zero attached hydrogens (tertiary/aromatic N) is 1. The Hall–Kier alpha value is -2.95. The molecule has 0 amide bonds. The zero-order valence-corrected chi connectivity index (χ0v) is 22.8. The average molecular weight is 484 g/mol. The number of ether oxygens (including phenoxy) is 1. The van der Waals surface area contributed by atoms with Crippen LogP contribution >= 0.6 is 0 Å². The third-order valence-corrected chi connectivity index (χ3v) is 11.8. The van der Waals surface area contributed by atoms with E-state index in [1.165, 1.54) is 31.2 Å².